The van der Waals surface area contributed by atoms with Crippen molar-refractivity contribution in [2.24, 2.45) is 0 Å². The number of benzene rings is 15. The lowest BCUT2D eigenvalue weighted by Gasteiger charge is -2.44. The van der Waals surface area contributed by atoms with Crippen molar-refractivity contribution >= 4 is 126 Å². The highest BCUT2D eigenvalue weighted by Crippen LogP contribution is 2.54. The van der Waals surface area contributed by atoms with E-state index in [0.717, 1.165) is 124 Å². The van der Waals surface area contributed by atoms with Crippen LogP contribution < -0.4 is 57.1 Å². The Morgan fingerprint density at radius 1 is 0.283 bits per heavy atom. The Kier molecular flexibility index (Phi) is 15.8. The summed E-state index contributed by atoms with van der Waals surface area (Å²) >= 11 is 1.90. The summed E-state index contributed by atoms with van der Waals surface area (Å²) in [6.07, 6.45) is 0. The van der Waals surface area contributed by atoms with Crippen molar-refractivity contribution in [2.75, 3.05) is 19.6 Å². The van der Waals surface area contributed by atoms with E-state index >= 15 is 0 Å². The topological polar surface area (TPSA) is 22.2 Å². The number of rotatable bonds is 12. The monoisotopic (exact) mass is 1380 g/mol. The van der Waals surface area contributed by atoms with E-state index in [1.807, 2.05) is 11.8 Å². The van der Waals surface area contributed by atoms with Crippen LogP contribution in [0.4, 0.5) is 68.2 Å². The van der Waals surface area contributed by atoms with Crippen molar-refractivity contribution < 1.29 is 4.74 Å². The fraction of sp³-hybridized carbons (Fsp3) is 0.0816. The van der Waals surface area contributed by atoms with Crippen LogP contribution in [0.2, 0.25) is 0 Å². The fourth-order valence-corrected chi connectivity index (χ4v) is 17.9. The zero-order valence-corrected chi connectivity index (χ0v) is 61.1. The summed E-state index contributed by atoms with van der Waals surface area (Å²) in [5.41, 5.74) is 31.9. The van der Waals surface area contributed by atoms with Crippen molar-refractivity contribution in [1.29, 1.82) is 0 Å². The minimum Gasteiger partial charge on any atom is -0.458 e. The zero-order chi connectivity index (χ0) is 71.4. The smallest absolute Gasteiger partial charge is 0.256 e. The molecule has 0 saturated carbocycles. The summed E-state index contributed by atoms with van der Waals surface area (Å²) < 4.78 is 7.51. The van der Waals surface area contributed by atoms with Crippen LogP contribution >= 0.6 is 11.8 Å². The van der Waals surface area contributed by atoms with Gasteiger partial charge in [-0.15, -0.1) is 0 Å². The predicted molar refractivity (Wildman–Crippen MR) is 451 cm³/mol. The normalized spacial score (nSPS) is 13.0. The van der Waals surface area contributed by atoms with Gasteiger partial charge in [0.15, 0.2) is 0 Å². The first-order valence-corrected chi connectivity index (χ1v) is 37.8. The number of hydrogen-bond acceptors (Lipinski definition) is 6. The molecule has 0 bridgehead atoms. The van der Waals surface area contributed by atoms with Gasteiger partial charge in [0.1, 0.15) is 11.5 Å². The van der Waals surface area contributed by atoms with Gasteiger partial charge in [0.2, 0.25) is 6.71 Å². The second kappa shape index (κ2) is 25.9. The Bertz CT molecular complexity index is 5750. The minimum absolute atomic E-state index is 0.0482. The molecule has 4 heterocycles. The minimum atomic E-state index is -0.225. The SMILES string of the molecule is CC(C)(C)c1ccc(-c2cccc(-c3ccc(C(C)(C)C)cc3)c2N2c3cc4c(cc3B3c5ccccc5Oc5cc(N(c6ccccc6)c6ccccc6)cc2c53)B2c3ccccc3N(c3ccccc3)c3cc(N(c5ccc(-c6ccccc6)cc5)c5cccc(-c6ccccc6)c5)cc(c32)S4)cc1. The fourth-order valence-electron chi connectivity index (χ4n) is 16.7. The van der Waals surface area contributed by atoms with Crippen LogP contribution in [0.15, 0.2) is 362 Å². The van der Waals surface area contributed by atoms with E-state index in [0.29, 0.717) is 0 Å². The van der Waals surface area contributed by atoms with Crippen LogP contribution in [0.3, 0.4) is 0 Å². The average molecular weight is 1380 g/mol. The number of nitrogens with zero attached hydrogens (tertiary/aromatic N) is 4. The number of ether oxygens (including phenoxy) is 1. The Hall–Kier alpha value is -12.2. The summed E-state index contributed by atoms with van der Waals surface area (Å²) in [5.74, 6) is 1.68. The third-order valence-electron chi connectivity index (χ3n) is 21.8. The molecule has 4 aliphatic rings. The molecule has 15 aromatic rings. The number of fused-ring (bicyclic) bond motifs is 8. The third-order valence-corrected chi connectivity index (χ3v) is 23.0. The van der Waals surface area contributed by atoms with Crippen molar-refractivity contribution in [2.45, 2.75) is 62.2 Å². The molecule has 0 atom stereocenters. The highest BCUT2D eigenvalue weighted by Gasteiger charge is 2.48. The first-order chi connectivity index (χ1) is 51.8. The maximum absolute atomic E-state index is 7.51. The summed E-state index contributed by atoms with van der Waals surface area (Å²) in [6.45, 7) is 13.4. The van der Waals surface area contributed by atoms with Gasteiger partial charge in [-0.3, -0.25) is 0 Å². The Morgan fingerprint density at radius 2 is 0.745 bits per heavy atom. The number of anilines is 12. The highest BCUT2D eigenvalue weighted by molar-refractivity contribution is 8.00. The van der Waals surface area contributed by atoms with E-state index in [1.54, 1.807) is 0 Å². The lowest BCUT2D eigenvalue weighted by atomic mass is 9.31. The molecule has 0 fully saturated rings. The molecule has 19 rings (SSSR count). The van der Waals surface area contributed by atoms with E-state index in [2.05, 4.69) is 413 Å². The third kappa shape index (κ3) is 11.2. The molecule has 0 unspecified atom stereocenters. The molecule has 0 spiro atoms. The molecule has 8 heteroatoms. The first kappa shape index (κ1) is 64.6. The van der Waals surface area contributed by atoms with Gasteiger partial charge >= 0.3 is 0 Å². The predicted octanol–water partition coefficient (Wildman–Crippen LogP) is 23.1. The van der Waals surface area contributed by atoms with Gasteiger partial charge < -0.3 is 24.3 Å². The Morgan fingerprint density at radius 3 is 1.36 bits per heavy atom. The maximum atomic E-state index is 7.51. The Balaban J connectivity index is 0.901. The highest BCUT2D eigenvalue weighted by atomic mass is 32.2. The van der Waals surface area contributed by atoms with Crippen LogP contribution in [-0.2, 0) is 10.8 Å². The summed E-state index contributed by atoms with van der Waals surface area (Å²) in [4.78, 5) is 12.5. The summed E-state index contributed by atoms with van der Waals surface area (Å²) in [7, 11) is 0. The molecule has 0 amide bonds. The molecule has 0 aliphatic carbocycles. The summed E-state index contributed by atoms with van der Waals surface area (Å²) in [5, 5.41) is 0. The molecule has 0 N–H and O–H groups in total. The molecular weight excluding hydrogens is 1300 g/mol. The van der Waals surface area contributed by atoms with Gasteiger partial charge in [-0.1, -0.05) is 307 Å². The first-order valence-electron chi connectivity index (χ1n) is 36.9. The number of para-hydroxylation sites is 6. The maximum Gasteiger partial charge on any atom is 0.256 e. The molecule has 5 nitrogen and oxygen atoms in total. The molecule has 15 aromatic carbocycles. The van der Waals surface area contributed by atoms with Gasteiger partial charge in [-0.05, 0) is 180 Å². The second-order valence-corrected chi connectivity index (χ2v) is 31.5. The van der Waals surface area contributed by atoms with Gasteiger partial charge in [-0.25, -0.2) is 0 Å². The lowest BCUT2D eigenvalue weighted by molar-refractivity contribution is 0.487. The molecule has 506 valence electrons. The van der Waals surface area contributed by atoms with Gasteiger partial charge in [-0.2, -0.15) is 0 Å². The van der Waals surface area contributed by atoms with Crippen molar-refractivity contribution in [1.82, 2.24) is 0 Å². The molecule has 0 radical (unpaired) electrons. The molecule has 106 heavy (non-hydrogen) atoms. The van der Waals surface area contributed by atoms with Crippen LogP contribution in [0.1, 0.15) is 52.7 Å². The van der Waals surface area contributed by atoms with Crippen LogP contribution in [0, 0.1) is 0 Å². The molecule has 0 saturated heterocycles. The van der Waals surface area contributed by atoms with E-state index in [9.17, 15) is 0 Å². The van der Waals surface area contributed by atoms with E-state index < -0.39 is 0 Å². The quantitative estimate of drug-likeness (QED) is 0.113. The molecular formula is C98H76B2N4OS. The average Bonchev–Trinajstić information content (AvgIpc) is 0.698. The van der Waals surface area contributed by atoms with E-state index in [4.69, 9.17) is 4.74 Å². The zero-order valence-electron chi connectivity index (χ0n) is 60.2. The van der Waals surface area contributed by atoms with Crippen LogP contribution in [0.25, 0.3) is 44.5 Å². The van der Waals surface area contributed by atoms with Crippen LogP contribution in [-0.4, -0.2) is 13.4 Å². The second-order valence-electron chi connectivity index (χ2n) is 30.4. The van der Waals surface area contributed by atoms with Crippen molar-refractivity contribution in [3.05, 3.63) is 363 Å². The van der Waals surface area contributed by atoms with Gasteiger partial charge in [0, 0.05) is 83.9 Å². The number of hydrogen-bond donors (Lipinski definition) is 0. The van der Waals surface area contributed by atoms with Gasteiger partial charge in [0.25, 0.3) is 6.71 Å². The van der Waals surface area contributed by atoms with Crippen LogP contribution in [0.5, 0.6) is 11.5 Å². The molecule has 0 aromatic heterocycles. The standard InChI is InChI=1S/C98H76B2N4OS/c1-97(2,3)71-52-46-68(47-53-71)80-40-27-41-81(69-48-54-72(55-49-69)98(4,5)6)96(80)104-87-64-92-85(63-84(87)100-83-43-23-25-45-90(83)105-91-61-78(59-88(104)94(91)100)101(73-33-16-9-17-34-73)74-35-18-10-19-36-74)99-82-42-22-24-44-86(82)103(75-37-20-11-21-38-75)89-60-79(62-93(106-92)95(89)99)102(76-56-50-67(51-57-76)65-28-12-7-13-29-65)77-39-26-32-70(58-77)66-30-14-8-15-31-66/h7-64H,1-6H3. The van der Waals surface area contributed by atoms with E-state index in [-0.39, 0.29) is 24.3 Å². The van der Waals surface area contributed by atoms with Gasteiger partial charge in [0.05, 0.1) is 11.4 Å². The van der Waals surface area contributed by atoms with Crippen molar-refractivity contribution in [3.8, 4) is 56.0 Å². The van der Waals surface area contributed by atoms with Crippen molar-refractivity contribution in [3.63, 3.8) is 0 Å². The largest absolute Gasteiger partial charge is 0.458 e. The summed E-state index contributed by atoms with van der Waals surface area (Å²) in [6, 6.07) is 131. The Labute approximate surface area is 627 Å². The van der Waals surface area contributed by atoms with E-state index in [1.165, 1.54) is 53.9 Å². The lowest BCUT2D eigenvalue weighted by Crippen LogP contribution is -2.63. The molecule has 4 aliphatic heterocycles.